The highest BCUT2D eigenvalue weighted by Gasteiger charge is 3.91. The highest BCUT2D eigenvalue weighted by atomic mass is 15.9. The van der Waals surface area contributed by atoms with Crippen LogP contribution in [0.4, 0.5) is 0 Å². The van der Waals surface area contributed by atoms with Crippen LogP contribution >= 0.6 is 0 Å². The lowest BCUT2D eigenvalue weighted by Crippen LogP contribution is -3.78. The Balaban J connectivity index is 0.652. The van der Waals surface area contributed by atoms with Gasteiger partial charge in [0.15, 0.2) is 0 Å². The van der Waals surface area contributed by atoms with E-state index in [0.29, 0.717) is 0 Å². The molecule has 0 N–H and O–H groups in total. The Morgan fingerprint density at radius 2 is 0.216 bits per heavy atom. The molecule has 0 heterocycles. The normalized spacial score (nSPS) is 154. The summed E-state index contributed by atoms with van der Waals surface area (Å²) in [6.45, 7) is 0. The lowest BCUT2D eigenvalue weighted by molar-refractivity contribution is -1.07. The predicted molar refractivity (Wildman–Crippen MR) is 305 cm³/mol. The minimum absolute atomic E-state index is 1.04. The van der Waals surface area contributed by atoms with Crippen molar-refractivity contribution in [1.29, 1.82) is 0 Å². The third-order valence-electron chi connectivity index (χ3n) is 91.6. The van der Waals surface area contributed by atoms with Gasteiger partial charge in [0, 0.05) is 0 Å². The second kappa shape index (κ2) is 3.99. The van der Waals surface area contributed by atoms with Crippen LogP contribution in [-0.4, -0.2) is 0 Å². The van der Waals surface area contributed by atoms with Gasteiger partial charge in [-0.2, -0.15) is 0 Å². The first kappa shape index (κ1) is 30.2. The van der Waals surface area contributed by atoms with Gasteiger partial charge in [-0.15, -0.1) is 0 Å². The first-order chi connectivity index (χ1) is 47.9. The lowest BCUT2D eigenvalue weighted by Gasteiger charge is -3.84. The van der Waals surface area contributed by atoms with E-state index in [1.54, 1.807) is 0 Å². The molecule has 48 atom stereocenters. The van der Waals surface area contributed by atoms with E-state index >= 15 is 0 Å². The molecular weight excluding hydrogens is 1170 g/mol. The summed E-state index contributed by atoms with van der Waals surface area (Å²) in [7, 11) is 0. The lowest BCUT2D eigenvalue weighted by atomic mass is 8.18. The maximum absolute atomic E-state index is 2.07. The van der Waals surface area contributed by atoms with E-state index in [0.717, 1.165) is 374 Å². The van der Waals surface area contributed by atoms with Crippen molar-refractivity contribution in [3.63, 3.8) is 0 Å². The molecule has 0 amide bonds. The standard InChI is InChI=1S/C97H44/c1-17-25-18-2-30-11-38-12-32-5-21-27-23-7-35-15-40-16-36-8-24-28-22-6-34-14-39-13-33-4-20-26-19-3-31-10-37-9-29(1)41(17)49(25)42(18,30)62-55(30,38)74-56(32,38)65-45(21,32)51(27)47(23,35)67-59(35,40)76-60(36,40)68-48(24,36)52(28)46(22,34)66-58(34,39)75-57(33,39)64-44(20,33)50(26)43(19,31)63-54(31,37)73-53(29,37)61(41)69(49,62)85-77(61,73)89-78(63,73)86(70(50,63)64)80(64,75)91-82(66,75)88(72(52,66)68)84(68,76)92-83(67,76)87(71(51,65)67)81(65,74)90(79(62,74)85)93(85,89)97(94(86,89)91,95(87,90)92)96(88,91)92/h17-28H,1-16H2. The van der Waals surface area contributed by atoms with Crippen LogP contribution in [0.2, 0.25) is 0 Å². The average molecular weight is 1210 g/mol. The van der Waals surface area contributed by atoms with Crippen LogP contribution < -0.4 is 0 Å². The molecule has 0 heteroatoms. The van der Waals surface area contributed by atoms with Gasteiger partial charge in [-0.3, -0.25) is 0 Å². The summed E-state index contributed by atoms with van der Waals surface area (Å²) in [6.07, 6.45) is 32.6. The van der Waals surface area contributed by atoms with Crippen LogP contribution in [0.1, 0.15) is 103 Å². The molecule has 432 valence electrons. The molecule has 0 nitrogen and oxygen atoms in total. The van der Waals surface area contributed by atoms with Gasteiger partial charge >= 0.3 is 0 Å². The summed E-state index contributed by atoms with van der Waals surface area (Å²) < 4.78 is 0. The Bertz CT molecular complexity index is 6880. The second-order valence-corrected chi connectivity index (χ2v) is 66.4. The summed E-state index contributed by atoms with van der Waals surface area (Å²) in [5, 5.41) is 0. The highest BCUT2D eigenvalue weighted by Crippen LogP contribution is 3.96. The van der Waals surface area contributed by atoms with Crippen molar-refractivity contribution in [2.45, 2.75) is 103 Å². The summed E-state index contributed by atoms with van der Waals surface area (Å²) in [5.74, 6) is 16.9. The molecule has 97 heavy (non-hydrogen) atoms. The van der Waals surface area contributed by atoms with Crippen molar-refractivity contribution in [3.8, 4) is 0 Å². The molecule has 69 spiro atoms. The van der Waals surface area contributed by atoms with Crippen LogP contribution in [0.25, 0.3) is 0 Å². The Morgan fingerprint density at radius 1 is 0.103 bits per heavy atom. The molecule has 76 saturated carbocycles. The Kier molecular flexibility index (Phi) is 1.24. The zero-order valence-electron chi connectivity index (χ0n) is 52.7. The number of hydrogen-bond acceptors (Lipinski definition) is 0. The van der Waals surface area contributed by atoms with Crippen LogP contribution in [0.3, 0.4) is 0 Å². The van der Waals surface area contributed by atoms with E-state index in [1.807, 2.05) is 51.4 Å². The summed E-state index contributed by atoms with van der Waals surface area (Å²) in [4.78, 5) is 0. The van der Waals surface area contributed by atoms with Crippen molar-refractivity contribution >= 4 is 0 Å². The molecule has 0 bridgehead atoms. The molecule has 76 fully saturated rings. The molecule has 48 unspecified atom stereocenters. The SMILES string of the molecule is C1C2C3C4CC56CC78CC9%10CC%11C%12C%13CC%14%15CC%16%17CC%18%19CC%20C%21C%22CC%23%24CC%25%26CC%27%28CC%29C%30C%31CC%32%33CC%34%35CC1%36C21C32C45C34C67C56C98C78C%11%10C%129C%13%14C%10%11C%15%16C%12%13C%18%17C%14%15C%20%19C%21%16C%22%23C%17%18C%24%25C%19%20C%27%26C%21%22C%29%28C%30%23C%31%32C%24%25C%33%34C%26%27C%36%35C1%28C23C12C%28%26C3%26C%24%27C%24(C%23%25%21)C%22%19C%19%21C%17%20C%17(C%16%18%14)C%15%12C%12%14C%10%13C%10(C97%11)C85C5(C461)C23C(C%24%26%19)(C%105%12)C%17%21%14. The van der Waals surface area contributed by atoms with E-state index in [2.05, 4.69) is 51.4 Å². The Hall–Kier alpha value is 0. The van der Waals surface area contributed by atoms with Gasteiger partial charge in [0.1, 0.15) is 0 Å². The minimum atomic E-state index is 1.04. The van der Waals surface area contributed by atoms with Crippen LogP contribution in [0.5, 0.6) is 0 Å². The molecule has 0 aromatic carbocycles. The molecule has 0 radical (unpaired) electrons. The van der Waals surface area contributed by atoms with Crippen molar-refractivity contribution in [2.24, 2.45) is 298 Å². The van der Waals surface area contributed by atoms with Gasteiger partial charge in [0.05, 0.1) is 0 Å². The van der Waals surface area contributed by atoms with E-state index in [-0.39, 0.29) is 0 Å². The number of fused-ring (bicyclic) bond motifs is 8. The van der Waals surface area contributed by atoms with E-state index < -0.39 is 0 Å². The van der Waals surface area contributed by atoms with Crippen molar-refractivity contribution in [1.82, 2.24) is 0 Å². The van der Waals surface area contributed by atoms with E-state index in [9.17, 15) is 0 Å². The van der Waals surface area contributed by atoms with E-state index in [1.165, 1.54) is 71.0 Å². The van der Waals surface area contributed by atoms with Gasteiger partial charge in [-0.05, 0) is 547 Å². The molecule has 0 aromatic heterocycles. The molecule has 0 aliphatic heterocycles. The fraction of sp³-hybridized carbons (Fsp3) is 1.00. The molecule has 76 aliphatic rings. The zero-order chi connectivity index (χ0) is 52.7. The van der Waals surface area contributed by atoms with Crippen LogP contribution in [0.15, 0.2) is 0 Å². The van der Waals surface area contributed by atoms with Crippen LogP contribution in [0, 0.1) is 445 Å². The quantitative estimate of drug-likeness (QED) is 0.227. The number of hydrogen-bond donors (Lipinski definition) is 0. The zero-order valence-corrected chi connectivity index (χ0v) is 52.7. The van der Waals surface area contributed by atoms with Gasteiger partial charge in [0.2, 0.25) is 0 Å². The topological polar surface area (TPSA) is 0 Å². The van der Waals surface area contributed by atoms with Crippen molar-refractivity contribution < 1.29 is 0 Å². The smallest absolute Gasteiger partial charge is 0.00000000641 e. The van der Waals surface area contributed by atoms with Gasteiger partial charge in [-0.25, -0.2) is 0 Å². The minimum Gasteiger partial charge on any atom is -0.0426 e. The van der Waals surface area contributed by atoms with Gasteiger partial charge in [0.25, 0.3) is 0 Å². The van der Waals surface area contributed by atoms with E-state index in [4.69, 9.17) is 0 Å². The first-order valence-corrected chi connectivity index (χ1v) is 47.9. The van der Waals surface area contributed by atoms with Crippen molar-refractivity contribution in [2.75, 3.05) is 0 Å². The molecule has 76 aliphatic carbocycles. The second-order valence-electron chi connectivity index (χ2n) is 66.4. The third-order valence-corrected chi connectivity index (χ3v) is 91.6. The monoisotopic (exact) mass is 1210 g/mol. The maximum atomic E-state index is 2.07. The fourth-order valence-electron chi connectivity index (χ4n) is 123. The maximum Gasteiger partial charge on any atom is -0.00000000641 e. The van der Waals surface area contributed by atoms with Gasteiger partial charge < -0.3 is 0 Å². The summed E-state index contributed by atoms with van der Waals surface area (Å²) >= 11 is 0. The first-order valence-electron chi connectivity index (χ1n) is 47.9. The largest absolute Gasteiger partial charge is 0.0426 e. The number of rotatable bonds is 0. The van der Waals surface area contributed by atoms with Gasteiger partial charge in [-0.1, -0.05) is 0 Å². The Labute approximate surface area is 543 Å². The third kappa shape index (κ3) is 0.524. The summed E-state index contributed by atoms with van der Waals surface area (Å²) in [5.41, 5.74) is 76.8. The molecule has 0 saturated heterocycles. The van der Waals surface area contributed by atoms with Crippen molar-refractivity contribution in [3.05, 3.63) is 146 Å². The highest BCUT2D eigenvalue weighted by molar-refractivity contribution is 6.95. The Morgan fingerprint density at radius 3 is 0.361 bits per heavy atom. The summed E-state index contributed by atoms with van der Waals surface area (Å²) in [6, 6.07) is 0. The molecule has 76 rings (SSSR count). The fourth-order valence-corrected chi connectivity index (χ4v) is 123. The molecular formula is C97H44. The predicted octanol–water partition coefficient (Wildman–Crippen LogP) is 9.91. The molecule has 0 aromatic rings. The average Bonchev–Trinajstić information content (AvgIpc) is 0.392. The van der Waals surface area contributed by atoms with Crippen LogP contribution in [-0.2, 0) is 0 Å².